The maximum absolute atomic E-state index is 13.0. The molecule has 156 valence electrons. The number of hydrogen-bond acceptors (Lipinski definition) is 5. The summed E-state index contributed by atoms with van der Waals surface area (Å²) in [5.41, 5.74) is 7.98. The molecule has 2 N–H and O–H groups in total. The number of carbonyl (C=O) groups excluding carboxylic acids is 1. The molecule has 2 aromatic carbocycles. The summed E-state index contributed by atoms with van der Waals surface area (Å²) in [5.74, 6) is 0.348. The number of thioether (sulfide) groups is 1. The molecule has 0 bridgehead atoms. The predicted octanol–water partition coefficient (Wildman–Crippen LogP) is 3.37. The van der Waals surface area contributed by atoms with E-state index in [2.05, 4.69) is 26.7 Å². The molecular weight excluding hydrogens is 410 g/mol. The van der Waals surface area contributed by atoms with E-state index < -0.39 is 5.91 Å². The minimum atomic E-state index is -0.573. The van der Waals surface area contributed by atoms with Crippen molar-refractivity contribution in [3.63, 3.8) is 0 Å². The maximum atomic E-state index is 13.0. The van der Waals surface area contributed by atoms with E-state index in [-0.39, 0.29) is 12.1 Å². The molecule has 1 saturated carbocycles. The monoisotopic (exact) mass is 431 g/mol. The first-order valence-electron chi connectivity index (χ1n) is 10.1. The molecule has 1 amide bonds. The number of para-hydroxylation sites is 1. The molecular formula is C23H21N5O2S. The molecule has 0 atom stereocenters. The van der Waals surface area contributed by atoms with E-state index in [1.807, 2.05) is 30.5 Å². The molecule has 0 saturated heterocycles. The highest BCUT2D eigenvalue weighted by atomic mass is 32.2. The third-order valence-electron chi connectivity index (χ3n) is 5.33. The van der Waals surface area contributed by atoms with Crippen LogP contribution in [0.1, 0.15) is 24.7 Å². The minimum Gasteiger partial charge on any atom is -0.368 e. The topological polar surface area (TPSA) is 95.8 Å². The molecule has 4 aromatic rings. The Morgan fingerprint density at radius 3 is 2.58 bits per heavy atom. The number of aromatic nitrogens is 4. The van der Waals surface area contributed by atoms with Gasteiger partial charge in [-0.05, 0) is 30.5 Å². The normalized spacial score (nSPS) is 13.5. The number of amides is 1. The number of hydrogen-bond donors (Lipinski definition) is 1. The van der Waals surface area contributed by atoms with Crippen LogP contribution < -0.4 is 11.3 Å². The second-order valence-corrected chi connectivity index (χ2v) is 8.53. The predicted molar refractivity (Wildman–Crippen MR) is 121 cm³/mol. The Kier molecular flexibility index (Phi) is 5.07. The van der Waals surface area contributed by atoms with Gasteiger partial charge in [0.05, 0.1) is 28.5 Å². The third kappa shape index (κ3) is 3.86. The Hall–Kier alpha value is -3.39. The van der Waals surface area contributed by atoms with Crippen LogP contribution in [0.2, 0.25) is 0 Å². The van der Waals surface area contributed by atoms with Crippen molar-refractivity contribution in [2.75, 3.05) is 0 Å². The standard InChI is InChI=1S/C23H21N5O2S/c24-20(29)13-27-21(26-18-9-5-4-8-17(18)22(27)30)14-31-23-25-12-19(28(23)16-10-11-16)15-6-2-1-3-7-15/h1-9,12,16H,10-11,13-14H2,(H2,24,29). The fourth-order valence-electron chi connectivity index (χ4n) is 3.73. The highest BCUT2D eigenvalue weighted by molar-refractivity contribution is 7.98. The highest BCUT2D eigenvalue weighted by Crippen LogP contribution is 2.42. The summed E-state index contributed by atoms with van der Waals surface area (Å²) in [7, 11) is 0. The van der Waals surface area contributed by atoms with Gasteiger partial charge in [-0.15, -0.1) is 0 Å². The number of imidazole rings is 1. The zero-order valence-electron chi connectivity index (χ0n) is 16.8. The van der Waals surface area contributed by atoms with Crippen LogP contribution in [0.3, 0.4) is 0 Å². The van der Waals surface area contributed by atoms with Gasteiger partial charge in [0.2, 0.25) is 5.91 Å². The van der Waals surface area contributed by atoms with Crippen LogP contribution in [0.5, 0.6) is 0 Å². The molecule has 2 heterocycles. The zero-order chi connectivity index (χ0) is 21.4. The lowest BCUT2D eigenvalue weighted by molar-refractivity contribution is -0.118. The van der Waals surface area contributed by atoms with Gasteiger partial charge < -0.3 is 10.3 Å². The second kappa shape index (κ2) is 8.03. The van der Waals surface area contributed by atoms with Gasteiger partial charge >= 0.3 is 0 Å². The molecule has 0 aliphatic heterocycles. The molecule has 0 unspecified atom stereocenters. The van der Waals surface area contributed by atoms with Crippen LogP contribution >= 0.6 is 11.8 Å². The summed E-state index contributed by atoms with van der Waals surface area (Å²) >= 11 is 1.52. The first-order valence-corrected chi connectivity index (χ1v) is 11.1. The van der Waals surface area contributed by atoms with Crippen LogP contribution in [0.25, 0.3) is 22.2 Å². The van der Waals surface area contributed by atoms with Gasteiger partial charge in [0.25, 0.3) is 5.56 Å². The van der Waals surface area contributed by atoms with Crippen LogP contribution in [0.15, 0.2) is 70.7 Å². The lowest BCUT2D eigenvalue weighted by atomic mass is 10.2. The van der Waals surface area contributed by atoms with Crippen LogP contribution in [0.4, 0.5) is 0 Å². The Bertz CT molecular complexity index is 1330. The number of nitrogens with zero attached hydrogens (tertiary/aromatic N) is 4. The lowest BCUT2D eigenvalue weighted by Crippen LogP contribution is -2.31. The van der Waals surface area contributed by atoms with Gasteiger partial charge in [-0.25, -0.2) is 9.97 Å². The van der Waals surface area contributed by atoms with Crippen molar-refractivity contribution < 1.29 is 4.79 Å². The summed E-state index contributed by atoms with van der Waals surface area (Å²) in [4.78, 5) is 33.9. The van der Waals surface area contributed by atoms with Crippen LogP contribution in [-0.4, -0.2) is 25.0 Å². The van der Waals surface area contributed by atoms with Crippen molar-refractivity contribution in [1.82, 2.24) is 19.1 Å². The van der Waals surface area contributed by atoms with E-state index in [4.69, 9.17) is 5.73 Å². The van der Waals surface area contributed by atoms with Gasteiger partial charge in [-0.1, -0.05) is 54.2 Å². The smallest absolute Gasteiger partial charge is 0.261 e. The average Bonchev–Trinajstić information content (AvgIpc) is 3.53. The van der Waals surface area contributed by atoms with E-state index in [1.165, 1.54) is 16.3 Å². The van der Waals surface area contributed by atoms with E-state index in [1.54, 1.807) is 18.2 Å². The second-order valence-electron chi connectivity index (χ2n) is 7.58. The van der Waals surface area contributed by atoms with Gasteiger partial charge in [0.1, 0.15) is 12.4 Å². The summed E-state index contributed by atoms with van der Waals surface area (Å²) in [6, 6.07) is 17.8. The van der Waals surface area contributed by atoms with E-state index in [0.29, 0.717) is 28.5 Å². The van der Waals surface area contributed by atoms with Gasteiger partial charge in [0, 0.05) is 6.04 Å². The largest absolute Gasteiger partial charge is 0.368 e. The third-order valence-corrected chi connectivity index (χ3v) is 6.29. The van der Waals surface area contributed by atoms with Crippen molar-refractivity contribution in [3.05, 3.63) is 77.0 Å². The number of carbonyl (C=O) groups is 1. The quantitative estimate of drug-likeness (QED) is 0.453. The number of nitrogens with two attached hydrogens (primary N) is 1. The maximum Gasteiger partial charge on any atom is 0.261 e. The number of benzene rings is 2. The molecule has 1 aliphatic carbocycles. The summed E-state index contributed by atoms with van der Waals surface area (Å²) in [6.45, 7) is -0.196. The highest BCUT2D eigenvalue weighted by Gasteiger charge is 2.29. The Morgan fingerprint density at radius 1 is 1.10 bits per heavy atom. The van der Waals surface area contributed by atoms with Gasteiger partial charge in [-0.2, -0.15) is 0 Å². The van der Waals surface area contributed by atoms with Crippen molar-refractivity contribution in [1.29, 1.82) is 0 Å². The van der Waals surface area contributed by atoms with Crippen molar-refractivity contribution in [2.45, 2.75) is 36.3 Å². The van der Waals surface area contributed by atoms with Crippen molar-refractivity contribution >= 4 is 28.6 Å². The summed E-state index contributed by atoms with van der Waals surface area (Å²) in [5, 5.41) is 1.36. The van der Waals surface area contributed by atoms with E-state index >= 15 is 0 Å². The zero-order valence-corrected chi connectivity index (χ0v) is 17.6. The van der Waals surface area contributed by atoms with Crippen LogP contribution in [0, 0.1) is 0 Å². The molecule has 1 fully saturated rings. The minimum absolute atomic E-state index is 0.196. The molecule has 1 aliphatic rings. The fourth-order valence-corrected chi connectivity index (χ4v) is 4.72. The van der Waals surface area contributed by atoms with Gasteiger partial charge in [-0.3, -0.25) is 14.2 Å². The lowest BCUT2D eigenvalue weighted by Gasteiger charge is -2.13. The molecule has 31 heavy (non-hydrogen) atoms. The summed E-state index contributed by atoms with van der Waals surface area (Å²) < 4.78 is 3.65. The van der Waals surface area contributed by atoms with Crippen molar-refractivity contribution in [2.24, 2.45) is 5.73 Å². The molecule has 7 nitrogen and oxygen atoms in total. The Morgan fingerprint density at radius 2 is 1.84 bits per heavy atom. The molecule has 0 spiro atoms. The van der Waals surface area contributed by atoms with Crippen LogP contribution in [-0.2, 0) is 17.1 Å². The SMILES string of the molecule is NC(=O)Cn1c(CSc2ncc(-c3ccccc3)n2C2CC2)nc2ccccc2c1=O. The van der Waals surface area contributed by atoms with Crippen molar-refractivity contribution in [3.8, 4) is 11.3 Å². The number of rotatable bonds is 7. The Labute approximate surface area is 182 Å². The van der Waals surface area contributed by atoms with E-state index in [9.17, 15) is 9.59 Å². The molecule has 5 rings (SSSR count). The molecule has 0 radical (unpaired) electrons. The molecule has 8 heteroatoms. The number of primary amides is 1. The molecule has 2 aromatic heterocycles. The van der Waals surface area contributed by atoms with E-state index in [0.717, 1.165) is 29.3 Å². The summed E-state index contributed by atoms with van der Waals surface area (Å²) in [6.07, 6.45) is 4.16. The first-order chi connectivity index (χ1) is 15.1. The van der Waals surface area contributed by atoms with Gasteiger partial charge in [0.15, 0.2) is 5.16 Å². The first kappa shape index (κ1) is 19.6. The average molecular weight is 432 g/mol. The Balaban J connectivity index is 1.51. The fraction of sp³-hybridized carbons (Fsp3) is 0.217. The number of fused-ring (bicyclic) bond motifs is 1.